The van der Waals surface area contributed by atoms with Gasteiger partial charge in [-0.25, -0.2) is 14.6 Å². The zero-order valence-corrected chi connectivity index (χ0v) is 25.0. The molecule has 3 rings (SSSR count). The van der Waals surface area contributed by atoms with E-state index < -0.39 is 35.1 Å². The smallest absolute Gasteiger partial charge is 0.407 e. The number of aryl methyl sites for hydroxylation is 2. The van der Waals surface area contributed by atoms with Gasteiger partial charge in [0.25, 0.3) is 5.91 Å². The number of carbonyl (C=O) groups excluding carboxylic acids is 3. The van der Waals surface area contributed by atoms with E-state index in [1.807, 2.05) is 0 Å². The number of nitrogens with one attached hydrogen (secondary N) is 3. The lowest BCUT2D eigenvalue weighted by molar-refractivity contribution is -0.153. The summed E-state index contributed by atoms with van der Waals surface area (Å²) >= 11 is 0. The van der Waals surface area contributed by atoms with Gasteiger partial charge in [0, 0.05) is 24.3 Å². The molecule has 4 N–H and O–H groups in total. The summed E-state index contributed by atoms with van der Waals surface area (Å²) in [6.07, 6.45) is 3.04. The van der Waals surface area contributed by atoms with E-state index in [2.05, 4.69) is 25.8 Å². The van der Waals surface area contributed by atoms with Gasteiger partial charge in [-0.05, 0) is 73.1 Å². The summed E-state index contributed by atoms with van der Waals surface area (Å²) in [6, 6.07) is 4.46. The molecule has 1 aromatic carbocycles. The summed E-state index contributed by atoms with van der Waals surface area (Å²) in [5, 5.41) is 21.9. The molecule has 13 nitrogen and oxygen atoms in total. The van der Waals surface area contributed by atoms with Crippen molar-refractivity contribution >= 4 is 47.0 Å². The van der Waals surface area contributed by atoms with Crippen molar-refractivity contribution in [3.8, 4) is 0 Å². The number of imidazole rings is 1. The lowest BCUT2D eigenvalue weighted by Gasteiger charge is -2.19. The Balaban J connectivity index is 1.98. The number of hydrogen-bond acceptors (Lipinski definition) is 8. The number of anilines is 1. The summed E-state index contributed by atoms with van der Waals surface area (Å²) in [5.41, 5.74) is 0.870. The lowest BCUT2D eigenvalue weighted by Crippen LogP contribution is -2.33. The van der Waals surface area contributed by atoms with Gasteiger partial charge in [-0.3, -0.25) is 20.0 Å². The Bertz CT molecular complexity index is 1500. The SMILES string of the molecule is Cc1cc(C(=O)Nc2nc3cc(C(=O)O)cc(/C=C/CC(=O)OC(C)(C)C)c3n2CCCNC(=O)OC(C)(C)C)n[nH]1. The van der Waals surface area contributed by atoms with Crippen LogP contribution in [-0.4, -0.2) is 66.5 Å². The quantitative estimate of drug-likeness (QED) is 0.195. The van der Waals surface area contributed by atoms with Crippen molar-refractivity contribution in [3.05, 3.63) is 46.8 Å². The first-order valence-electron chi connectivity index (χ1n) is 13.5. The van der Waals surface area contributed by atoms with Crippen LogP contribution in [0.5, 0.6) is 0 Å². The maximum absolute atomic E-state index is 12.9. The third-order valence-corrected chi connectivity index (χ3v) is 5.51. The van der Waals surface area contributed by atoms with Crippen LogP contribution in [-0.2, 0) is 20.8 Å². The van der Waals surface area contributed by atoms with Gasteiger partial charge in [-0.15, -0.1) is 0 Å². The predicted octanol–water partition coefficient (Wildman–Crippen LogP) is 4.68. The number of H-pyrrole nitrogens is 1. The van der Waals surface area contributed by atoms with Crippen molar-refractivity contribution in [3.63, 3.8) is 0 Å². The van der Waals surface area contributed by atoms with Gasteiger partial charge < -0.3 is 24.5 Å². The zero-order valence-electron chi connectivity index (χ0n) is 25.0. The number of nitrogens with zero attached hydrogens (tertiary/aromatic N) is 3. The molecule has 0 aliphatic carbocycles. The molecule has 2 amide bonds. The molecule has 3 aromatic rings. The Kier molecular flexibility index (Phi) is 9.76. The topological polar surface area (TPSA) is 178 Å². The fraction of sp³-hybridized carbons (Fsp3) is 0.448. The number of carbonyl (C=O) groups is 4. The standard InChI is InChI=1S/C29H38N6O7/c1-17-14-21(34-33-17)24(37)32-26-31-20-16-19(25(38)39)15-18(10-8-11-22(36)41-28(2,3)4)23(20)35(26)13-9-12-30-27(40)42-29(5,6)7/h8,10,14-16H,9,11-13H2,1-7H3,(H,30,40)(H,33,34)(H,38,39)(H,31,32,37)/b10-8+. The second kappa shape index (κ2) is 12.9. The van der Waals surface area contributed by atoms with E-state index in [1.165, 1.54) is 12.1 Å². The van der Waals surface area contributed by atoms with Crippen molar-refractivity contribution in [2.45, 2.75) is 79.1 Å². The summed E-state index contributed by atoms with van der Waals surface area (Å²) in [7, 11) is 0. The number of aromatic amines is 1. The Morgan fingerprint density at radius 2 is 1.74 bits per heavy atom. The van der Waals surface area contributed by atoms with E-state index in [4.69, 9.17) is 9.47 Å². The Hall–Kier alpha value is -4.68. The first kappa shape index (κ1) is 31.8. The number of carboxylic acids is 1. The number of hydrogen-bond donors (Lipinski definition) is 4. The molecule has 0 radical (unpaired) electrons. The van der Waals surface area contributed by atoms with Crippen molar-refractivity contribution < 1.29 is 33.8 Å². The first-order chi connectivity index (χ1) is 19.5. The molecule has 0 aliphatic rings. The highest BCUT2D eigenvalue weighted by Crippen LogP contribution is 2.27. The molecule has 0 saturated heterocycles. The summed E-state index contributed by atoms with van der Waals surface area (Å²) < 4.78 is 12.4. The van der Waals surface area contributed by atoms with Gasteiger partial charge in [-0.1, -0.05) is 12.2 Å². The minimum absolute atomic E-state index is 0.0172. The van der Waals surface area contributed by atoms with Gasteiger partial charge in [0.1, 0.15) is 11.2 Å². The molecule has 226 valence electrons. The fourth-order valence-electron chi connectivity index (χ4n) is 3.97. The monoisotopic (exact) mass is 582 g/mol. The third kappa shape index (κ3) is 9.18. The number of aromatic nitrogens is 4. The fourth-order valence-corrected chi connectivity index (χ4v) is 3.97. The number of amides is 2. The summed E-state index contributed by atoms with van der Waals surface area (Å²) in [5.74, 6) is -1.94. The molecule has 0 spiro atoms. The van der Waals surface area contributed by atoms with Gasteiger partial charge in [-0.2, -0.15) is 5.10 Å². The van der Waals surface area contributed by atoms with E-state index in [1.54, 1.807) is 71.3 Å². The van der Waals surface area contributed by atoms with Gasteiger partial charge in [0.2, 0.25) is 5.95 Å². The predicted molar refractivity (Wildman–Crippen MR) is 156 cm³/mol. The summed E-state index contributed by atoms with van der Waals surface area (Å²) in [4.78, 5) is 53.7. The Labute approximate surface area is 243 Å². The van der Waals surface area contributed by atoms with Crippen LogP contribution < -0.4 is 10.6 Å². The highest BCUT2D eigenvalue weighted by Gasteiger charge is 2.21. The number of aromatic carboxylic acids is 1. The highest BCUT2D eigenvalue weighted by atomic mass is 16.6. The second-order valence-corrected chi connectivity index (χ2v) is 11.7. The molecule has 2 aromatic heterocycles. The number of alkyl carbamates (subject to hydrolysis) is 1. The van der Waals surface area contributed by atoms with E-state index in [9.17, 15) is 24.3 Å². The molecule has 0 unspecified atom stereocenters. The molecule has 0 saturated carbocycles. The highest BCUT2D eigenvalue weighted by molar-refractivity contribution is 6.04. The Morgan fingerprint density at radius 1 is 1.05 bits per heavy atom. The molecular formula is C29H38N6O7. The molecule has 42 heavy (non-hydrogen) atoms. The van der Waals surface area contributed by atoms with Crippen molar-refractivity contribution in [2.75, 3.05) is 11.9 Å². The van der Waals surface area contributed by atoms with Crippen LogP contribution in [0.1, 0.15) is 86.5 Å². The van der Waals surface area contributed by atoms with Crippen LogP contribution in [0.25, 0.3) is 17.1 Å². The average Bonchev–Trinajstić information content (AvgIpc) is 3.42. The van der Waals surface area contributed by atoms with Crippen molar-refractivity contribution in [1.82, 2.24) is 25.1 Å². The average molecular weight is 583 g/mol. The van der Waals surface area contributed by atoms with Crippen LogP contribution in [0.2, 0.25) is 0 Å². The van der Waals surface area contributed by atoms with Crippen LogP contribution >= 0.6 is 0 Å². The molecule has 13 heteroatoms. The number of benzene rings is 1. The van der Waals surface area contributed by atoms with Crippen molar-refractivity contribution in [1.29, 1.82) is 0 Å². The van der Waals surface area contributed by atoms with E-state index in [0.717, 1.165) is 0 Å². The first-order valence-corrected chi connectivity index (χ1v) is 13.5. The van der Waals surface area contributed by atoms with E-state index in [-0.39, 0.29) is 30.2 Å². The maximum Gasteiger partial charge on any atom is 0.407 e. The minimum Gasteiger partial charge on any atom is -0.478 e. The normalized spacial score (nSPS) is 12.0. The Morgan fingerprint density at radius 3 is 2.33 bits per heavy atom. The van der Waals surface area contributed by atoms with Crippen LogP contribution in [0, 0.1) is 6.92 Å². The largest absolute Gasteiger partial charge is 0.478 e. The zero-order chi connectivity index (χ0) is 31.2. The molecule has 0 bridgehead atoms. The molecule has 0 aliphatic heterocycles. The summed E-state index contributed by atoms with van der Waals surface area (Å²) in [6.45, 7) is 12.9. The number of carboxylic acid groups (broad SMARTS) is 1. The number of rotatable bonds is 10. The van der Waals surface area contributed by atoms with Gasteiger partial charge in [0.05, 0.1) is 23.0 Å². The van der Waals surface area contributed by atoms with Crippen LogP contribution in [0.4, 0.5) is 10.7 Å². The molecule has 0 fully saturated rings. The van der Waals surface area contributed by atoms with Gasteiger partial charge in [0.15, 0.2) is 5.69 Å². The van der Waals surface area contributed by atoms with Crippen LogP contribution in [0.15, 0.2) is 24.3 Å². The van der Waals surface area contributed by atoms with Crippen LogP contribution in [0.3, 0.4) is 0 Å². The third-order valence-electron chi connectivity index (χ3n) is 5.51. The number of ether oxygens (including phenoxy) is 2. The number of esters is 1. The second-order valence-electron chi connectivity index (χ2n) is 11.7. The lowest BCUT2D eigenvalue weighted by atomic mass is 10.1. The minimum atomic E-state index is -1.16. The van der Waals surface area contributed by atoms with Crippen molar-refractivity contribution in [2.24, 2.45) is 0 Å². The number of fused-ring (bicyclic) bond motifs is 1. The molecule has 2 heterocycles. The van der Waals surface area contributed by atoms with E-state index >= 15 is 0 Å². The van der Waals surface area contributed by atoms with E-state index in [0.29, 0.717) is 35.3 Å². The maximum atomic E-state index is 12.9. The molecule has 0 atom stereocenters. The molecular weight excluding hydrogens is 544 g/mol. The van der Waals surface area contributed by atoms with Gasteiger partial charge >= 0.3 is 18.0 Å².